The summed E-state index contributed by atoms with van der Waals surface area (Å²) < 4.78 is 12.9. The maximum absolute atomic E-state index is 11.6. The molecule has 0 bridgehead atoms. The van der Waals surface area contributed by atoms with Gasteiger partial charge >= 0.3 is 0 Å². The van der Waals surface area contributed by atoms with E-state index in [9.17, 15) is 10.1 Å². The Hall–Kier alpha value is -3.68. The number of halogens is 1. The monoisotopic (exact) mass is 457 g/mol. The molecule has 11 heteroatoms. The molecule has 0 atom stereocenters. The third-order valence-electron chi connectivity index (χ3n) is 5.02. The van der Waals surface area contributed by atoms with E-state index in [2.05, 4.69) is 16.5 Å². The number of hydrogen-bond donors (Lipinski definition) is 4. The van der Waals surface area contributed by atoms with Crippen LogP contribution in [0.1, 0.15) is 24.6 Å². The molecule has 2 aromatic rings. The molecule has 0 aliphatic carbocycles. The third kappa shape index (κ3) is 4.96. The first-order chi connectivity index (χ1) is 15.3. The summed E-state index contributed by atoms with van der Waals surface area (Å²) >= 11 is 5.77. The zero-order chi connectivity index (χ0) is 23.3. The van der Waals surface area contributed by atoms with Gasteiger partial charge in [0.2, 0.25) is 0 Å². The molecule has 1 aliphatic rings. The minimum absolute atomic E-state index is 0.101. The third-order valence-corrected chi connectivity index (χ3v) is 5.13. The fourth-order valence-corrected chi connectivity index (χ4v) is 3.58. The van der Waals surface area contributed by atoms with Crippen LogP contribution in [-0.2, 0) is 9.53 Å². The number of ether oxygens (including phenoxy) is 2. The van der Waals surface area contributed by atoms with Gasteiger partial charge in [0.25, 0.3) is 5.91 Å². The number of amides is 1. The quantitative estimate of drug-likeness (QED) is 0.277. The molecule has 3 rings (SSSR count). The van der Waals surface area contributed by atoms with Crippen LogP contribution in [0.3, 0.4) is 0 Å². The van der Waals surface area contributed by atoms with Crippen LogP contribution in [0.25, 0.3) is 11.1 Å². The van der Waals surface area contributed by atoms with Crippen molar-refractivity contribution >= 4 is 23.2 Å². The number of nitriles is 1. The van der Waals surface area contributed by atoms with E-state index in [4.69, 9.17) is 38.3 Å². The van der Waals surface area contributed by atoms with Gasteiger partial charge in [-0.2, -0.15) is 10.4 Å². The van der Waals surface area contributed by atoms with Crippen LogP contribution < -0.4 is 27.3 Å². The van der Waals surface area contributed by atoms with Gasteiger partial charge in [0.05, 0.1) is 24.5 Å². The summed E-state index contributed by atoms with van der Waals surface area (Å²) in [5.41, 5.74) is 18.5. The van der Waals surface area contributed by atoms with Crippen LogP contribution in [0.2, 0.25) is 0 Å². The minimum atomic E-state index is -0.846. The van der Waals surface area contributed by atoms with Crippen molar-refractivity contribution in [1.29, 1.82) is 5.26 Å². The summed E-state index contributed by atoms with van der Waals surface area (Å²) in [5, 5.41) is 17.0. The molecular formula is C21H24ClN7O3. The smallest absolute Gasteiger partial charge is 0.266 e. The van der Waals surface area contributed by atoms with Crippen molar-refractivity contribution in [3.05, 3.63) is 52.7 Å². The van der Waals surface area contributed by atoms with Crippen molar-refractivity contribution in [1.82, 2.24) is 9.78 Å². The summed E-state index contributed by atoms with van der Waals surface area (Å²) in [7, 11) is 1.49. The Kier molecular flexibility index (Phi) is 7.25. The first-order valence-electron chi connectivity index (χ1n) is 9.79. The second kappa shape index (κ2) is 10.1. The predicted octanol–water partition coefficient (Wildman–Crippen LogP) is 1.89. The van der Waals surface area contributed by atoms with Gasteiger partial charge in [0, 0.05) is 30.5 Å². The van der Waals surface area contributed by atoms with Crippen LogP contribution in [0.5, 0.6) is 5.75 Å². The zero-order valence-electron chi connectivity index (χ0n) is 17.5. The molecule has 1 amide bonds. The van der Waals surface area contributed by atoms with Gasteiger partial charge in [-0.1, -0.05) is 23.7 Å². The number of methoxy groups -OCH3 is 1. The van der Waals surface area contributed by atoms with E-state index in [1.165, 1.54) is 13.2 Å². The fraction of sp³-hybridized carbons (Fsp3) is 0.286. The Balaban J connectivity index is 2.07. The van der Waals surface area contributed by atoms with E-state index < -0.39 is 5.91 Å². The Labute approximate surface area is 190 Å². The molecule has 1 aromatic carbocycles. The molecule has 32 heavy (non-hydrogen) atoms. The Morgan fingerprint density at radius 1 is 1.34 bits per heavy atom. The summed E-state index contributed by atoms with van der Waals surface area (Å²) in [5.74, 6) is -0.437. The van der Waals surface area contributed by atoms with Crippen LogP contribution >= 0.6 is 11.6 Å². The van der Waals surface area contributed by atoms with Crippen molar-refractivity contribution in [2.24, 2.45) is 17.2 Å². The maximum atomic E-state index is 11.6. The lowest BCUT2D eigenvalue weighted by molar-refractivity contribution is -0.114. The summed E-state index contributed by atoms with van der Waals surface area (Å²) in [6.07, 6.45) is 4.74. The lowest BCUT2D eigenvalue weighted by Crippen LogP contribution is -2.24. The first-order valence-corrected chi connectivity index (χ1v) is 10.2. The predicted molar refractivity (Wildman–Crippen MR) is 120 cm³/mol. The molecule has 1 aliphatic heterocycles. The maximum Gasteiger partial charge on any atom is 0.266 e. The van der Waals surface area contributed by atoms with E-state index >= 15 is 0 Å². The van der Waals surface area contributed by atoms with E-state index in [0.29, 0.717) is 35.8 Å². The normalized spacial score (nSPS) is 15.6. The van der Waals surface area contributed by atoms with Gasteiger partial charge in [0.15, 0.2) is 5.69 Å². The van der Waals surface area contributed by atoms with Crippen molar-refractivity contribution in [3.8, 4) is 22.9 Å². The van der Waals surface area contributed by atoms with Crippen LogP contribution in [-0.4, -0.2) is 36.0 Å². The number of para-hydroxylation sites is 1. The number of aromatic nitrogens is 2. The Morgan fingerprint density at radius 3 is 2.66 bits per heavy atom. The van der Waals surface area contributed by atoms with E-state index in [-0.39, 0.29) is 28.3 Å². The highest BCUT2D eigenvalue weighted by atomic mass is 35.5. The second-order valence-corrected chi connectivity index (χ2v) is 7.50. The number of nitrogens with zero attached hydrogens (tertiary/aromatic N) is 3. The molecule has 0 radical (unpaired) electrons. The molecule has 2 heterocycles. The number of nitrogens with one attached hydrogen (secondary N) is 1. The van der Waals surface area contributed by atoms with E-state index in [1.807, 2.05) is 16.9 Å². The Morgan fingerprint density at radius 2 is 2.06 bits per heavy atom. The molecule has 10 nitrogen and oxygen atoms in total. The van der Waals surface area contributed by atoms with Gasteiger partial charge in [-0.15, -0.1) is 0 Å². The largest absolute Gasteiger partial charge is 0.494 e. The number of nitrogens with two attached hydrogens (primary N) is 3. The topological polar surface area (TPSA) is 167 Å². The average Bonchev–Trinajstić information content (AvgIpc) is 3.22. The first kappa shape index (κ1) is 23.0. The molecule has 0 spiro atoms. The van der Waals surface area contributed by atoms with Crippen LogP contribution in [0, 0.1) is 11.3 Å². The van der Waals surface area contributed by atoms with Gasteiger partial charge in [0.1, 0.15) is 22.7 Å². The minimum Gasteiger partial charge on any atom is -0.494 e. The van der Waals surface area contributed by atoms with Gasteiger partial charge < -0.3 is 32.0 Å². The van der Waals surface area contributed by atoms with Crippen molar-refractivity contribution < 1.29 is 14.3 Å². The fourth-order valence-electron chi connectivity index (χ4n) is 3.47. The highest BCUT2D eigenvalue weighted by Crippen LogP contribution is 2.39. The number of rotatable bonds is 7. The van der Waals surface area contributed by atoms with Crippen LogP contribution in [0.15, 0.2) is 47.0 Å². The number of hydrogen-bond acceptors (Lipinski definition) is 8. The van der Waals surface area contributed by atoms with Gasteiger partial charge in [-0.3, -0.25) is 9.48 Å². The number of primary amides is 1. The highest BCUT2D eigenvalue weighted by molar-refractivity contribution is 6.29. The Bertz CT molecular complexity index is 1110. The van der Waals surface area contributed by atoms with Gasteiger partial charge in [-0.25, -0.2) is 0 Å². The lowest BCUT2D eigenvalue weighted by Gasteiger charge is -2.22. The number of carbonyl (C=O) groups excluding carboxylic acids is 1. The molecule has 1 fully saturated rings. The highest BCUT2D eigenvalue weighted by Gasteiger charge is 2.22. The molecule has 0 saturated carbocycles. The molecule has 7 N–H and O–H groups in total. The zero-order valence-corrected chi connectivity index (χ0v) is 18.2. The second-order valence-electron chi connectivity index (χ2n) is 7.06. The standard InChI is InChI=1S/C21H24ClN7O3/c1-31-20-13(14-11-29(28-17(14)10-23)12-5-7-32-8-6-12)3-2-4-15(20)27-16(9-18(22)24)19(25)21(26)30/h2-4,9,11-12,27H,5-8,24-25H2,1H3,(H2,26,30)/b18-9-,19-16+. The van der Waals surface area contributed by atoms with Crippen molar-refractivity contribution in [2.75, 3.05) is 25.6 Å². The van der Waals surface area contributed by atoms with Gasteiger partial charge in [-0.05, 0) is 25.0 Å². The molecule has 1 aromatic heterocycles. The molecule has 0 unspecified atom stereocenters. The summed E-state index contributed by atoms with van der Waals surface area (Å²) in [6.45, 7) is 1.30. The lowest BCUT2D eigenvalue weighted by atomic mass is 10.0. The SMILES string of the molecule is COc1c(NC(/C=C(\N)Cl)=C(/N)C(N)=O)cccc1-c1cn(C2CCOCC2)nc1C#N. The number of anilines is 1. The number of allylic oxidation sites excluding steroid dienone is 1. The van der Waals surface area contributed by atoms with Crippen molar-refractivity contribution in [3.63, 3.8) is 0 Å². The molecule has 1 saturated heterocycles. The summed E-state index contributed by atoms with van der Waals surface area (Å²) in [6, 6.07) is 7.59. The van der Waals surface area contributed by atoms with E-state index in [1.54, 1.807) is 12.1 Å². The number of benzene rings is 1. The van der Waals surface area contributed by atoms with Crippen LogP contribution in [0.4, 0.5) is 5.69 Å². The number of carbonyl (C=O) groups is 1. The van der Waals surface area contributed by atoms with Crippen molar-refractivity contribution in [2.45, 2.75) is 18.9 Å². The molecular weight excluding hydrogens is 434 g/mol. The molecule has 168 valence electrons. The summed E-state index contributed by atoms with van der Waals surface area (Å²) in [4.78, 5) is 11.6. The van der Waals surface area contributed by atoms with E-state index in [0.717, 1.165) is 12.8 Å². The average molecular weight is 458 g/mol.